The Morgan fingerprint density at radius 1 is 1.23 bits per heavy atom. The maximum absolute atomic E-state index is 12.6. The molecule has 1 heterocycles. The highest BCUT2D eigenvalue weighted by Gasteiger charge is 2.31. The van der Waals surface area contributed by atoms with E-state index in [2.05, 4.69) is 5.32 Å². The summed E-state index contributed by atoms with van der Waals surface area (Å²) in [5.74, 6) is -0.180. The highest BCUT2D eigenvalue weighted by Crippen LogP contribution is 2.31. The van der Waals surface area contributed by atoms with Crippen molar-refractivity contribution in [2.75, 3.05) is 19.8 Å². The molecule has 1 saturated heterocycles. The first-order chi connectivity index (χ1) is 10.2. The highest BCUT2D eigenvalue weighted by molar-refractivity contribution is 5.79. The summed E-state index contributed by atoms with van der Waals surface area (Å²) < 4.78 is 42.9. The van der Waals surface area contributed by atoms with Crippen LogP contribution in [0, 0.1) is 5.92 Å². The molecule has 1 unspecified atom stereocenters. The molecule has 0 radical (unpaired) electrons. The summed E-state index contributed by atoms with van der Waals surface area (Å²) in [5.41, 5.74) is -0.359. The van der Waals surface area contributed by atoms with Gasteiger partial charge < -0.3 is 10.1 Å². The molecule has 122 valence electrons. The molecule has 22 heavy (non-hydrogen) atoms. The van der Waals surface area contributed by atoms with Crippen molar-refractivity contribution in [1.29, 1.82) is 0 Å². The third kappa shape index (κ3) is 4.00. The van der Waals surface area contributed by atoms with Crippen LogP contribution in [-0.4, -0.2) is 25.7 Å². The predicted octanol–water partition coefficient (Wildman–Crippen LogP) is 3.14. The summed E-state index contributed by atoms with van der Waals surface area (Å²) >= 11 is 0. The summed E-state index contributed by atoms with van der Waals surface area (Å²) in [4.78, 5) is 12.0. The van der Waals surface area contributed by atoms with Gasteiger partial charge in [-0.2, -0.15) is 13.2 Å². The molecule has 1 fully saturated rings. The van der Waals surface area contributed by atoms with Crippen molar-refractivity contribution in [3.63, 3.8) is 0 Å². The van der Waals surface area contributed by atoms with Crippen LogP contribution in [0.1, 0.15) is 31.4 Å². The maximum Gasteiger partial charge on any atom is 0.416 e. The topological polar surface area (TPSA) is 38.3 Å². The summed E-state index contributed by atoms with van der Waals surface area (Å²) in [6.07, 6.45) is -3.62. The van der Waals surface area contributed by atoms with E-state index < -0.39 is 17.2 Å². The Labute approximate surface area is 127 Å². The molecular formula is C16H20F3NO2. The minimum atomic E-state index is -4.33. The van der Waals surface area contributed by atoms with Gasteiger partial charge in [0.25, 0.3) is 0 Å². The molecule has 3 nitrogen and oxygen atoms in total. The highest BCUT2D eigenvalue weighted by atomic mass is 19.4. The predicted molar refractivity (Wildman–Crippen MR) is 76.4 cm³/mol. The number of carbonyl (C=O) groups is 1. The Hall–Kier alpha value is -1.56. The van der Waals surface area contributed by atoms with Crippen molar-refractivity contribution in [3.8, 4) is 0 Å². The summed E-state index contributed by atoms with van der Waals surface area (Å²) in [6, 6.07) is 5.08. The molecule has 0 saturated carbocycles. The van der Waals surface area contributed by atoms with Gasteiger partial charge >= 0.3 is 6.18 Å². The molecule has 2 rings (SSSR count). The maximum atomic E-state index is 12.6. The number of halogens is 3. The molecule has 1 aromatic carbocycles. The van der Waals surface area contributed by atoms with Crippen molar-refractivity contribution < 1.29 is 22.7 Å². The van der Waals surface area contributed by atoms with Gasteiger partial charge in [0.15, 0.2) is 0 Å². The smallest absolute Gasteiger partial charge is 0.381 e. The van der Waals surface area contributed by atoms with Crippen LogP contribution in [0.4, 0.5) is 13.2 Å². The van der Waals surface area contributed by atoms with Gasteiger partial charge in [-0.1, -0.05) is 26.0 Å². The lowest BCUT2D eigenvalue weighted by Gasteiger charge is -2.26. The summed E-state index contributed by atoms with van der Waals surface area (Å²) in [6.45, 7) is 5.18. The zero-order chi connectivity index (χ0) is 16.4. The molecule has 1 aromatic rings. The van der Waals surface area contributed by atoms with Crippen LogP contribution >= 0.6 is 0 Å². The fourth-order valence-electron chi connectivity index (χ4n) is 2.41. The first-order valence-electron chi connectivity index (χ1n) is 7.23. The van der Waals surface area contributed by atoms with Gasteiger partial charge in [-0.25, -0.2) is 0 Å². The van der Waals surface area contributed by atoms with E-state index in [9.17, 15) is 18.0 Å². The van der Waals surface area contributed by atoms with Crippen LogP contribution in [0.3, 0.4) is 0 Å². The zero-order valence-corrected chi connectivity index (χ0v) is 12.7. The molecule has 0 bridgehead atoms. The third-order valence-corrected chi connectivity index (χ3v) is 4.00. The number of nitrogens with one attached hydrogen (secondary N) is 1. The first-order valence-corrected chi connectivity index (χ1v) is 7.23. The van der Waals surface area contributed by atoms with E-state index in [4.69, 9.17) is 4.74 Å². The van der Waals surface area contributed by atoms with Crippen molar-refractivity contribution >= 4 is 5.91 Å². The fourth-order valence-corrected chi connectivity index (χ4v) is 2.41. The minimum absolute atomic E-state index is 0.0579. The quantitative estimate of drug-likeness (QED) is 0.927. The van der Waals surface area contributed by atoms with Gasteiger partial charge in [0.2, 0.25) is 5.91 Å². The normalized spacial score (nSPS) is 19.2. The Morgan fingerprint density at radius 3 is 2.32 bits per heavy atom. The van der Waals surface area contributed by atoms with Gasteiger partial charge in [0.05, 0.1) is 18.1 Å². The molecule has 0 aromatic heterocycles. The molecular weight excluding hydrogens is 295 g/mol. The Morgan fingerprint density at radius 2 is 1.82 bits per heavy atom. The lowest BCUT2D eigenvalue weighted by molar-refractivity contribution is -0.137. The minimum Gasteiger partial charge on any atom is -0.381 e. The van der Waals surface area contributed by atoms with Crippen LogP contribution in [0.2, 0.25) is 0 Å². The summed E-state index contributed by atoms with van der Waals surface area (Å²) in [5, 5.41) is 2.87. The lowest BCUT2D eigenvalue weighted by atomic mass is 9.84. The number of amides is 1. The van der Waals surface area contributed by atoms with Crippen molar-refractivity contribution in [1.82, 2.24) is 5.32 Å². The lowest BCUT2D eigenvalue weighted by Crippen LogP contribution is -2.39. The number of hydrogen-bond donors (Lipinski definition) is 1. The van der Waals surface area contributed by atoms with Crippen LogP contribution in [-0.2, 0) is 21.1 Å². The number of hydrogen-bond acceptors (Lipinski definition) is 2. The number of carbonyl (C=O) groups excluding carboxylic acids is 1. The van der Waals surface area contributed by atoms with E-state index in [0.29, 0.717) is 26.2 Å². The molecule has 0 spiro atoms. The van der Waals surface area contributed by atoms with E-state index in [1.54, 1.807) is 0 Å². The van der Waals surface area contributed by atoms with E-state index in [-0.39, 0.29) is 11.8 Å². The Bertz CT molecular complexity index is 517. The molecule has 0 aliphatic carbocycles. The molecule has 1 aliphatic rings. The zero-order valence-electron chi connectivity index (χ0n) is 12.7. The van der Waals surface area contributed by atoms with Crippen LogP contribution < -0.4 is 5.32 Å². The SMILES string of the molecule is CC(C)(CNC(=O)C1CCOC1)c1ccc(C(F)(F)F)cc1. The van der Waals surface area contributed by atoms with Crippen molar-refractivity contribution in [3.05, 3.63) is 35.4 Å². The van der Waals surface area contributed by atoms with Crippen molar-refractivity contribution in [2.45, 2.75) is 31.9 Å². The average molecular weight is 315 g/mol. The molecule has 1 amide bonds. The second-order valence-electron chi connectivity index (χ2n) is 6.24. The summed E-state index contributed by atoms with van der Waals surface area (Å²) in [7, 11) is 0. The third-order valence-electron chi connectivity index (χ3n) is 4.00. The van der Waals surface area contributed by atoms with Crippen LogP contribution in [0.25, 0.3) is 0 Å². The van der Waals surface area contributed by atoms with E-state index >= 15 is 0 Å². The molecule has 1 atom stereocenters. The van der Waals surface area contributed by atoms with Gasteiger partial charge in [-0.3, -0.25) is 4.79 Å². The second kappa shape index (κ2) is 6.28. The van der Waals surface area contributed by atoms with Crippen LogP contribution in [0.15, 0.2) is 24.3 Å². The Balaban J connectivity index is 1.98. The molecule has 6 heteroatoms. The number of benzene rings is 1. The standard InChI is InChI=1S/C16H20F3NO2/c1-15(2,10-20-14(21)11-7-8-22-9-11)12-3-5-13(6-4-12)16(17,18)19/h3-6,11H,7-10H2,1-2H3,(H,20,21). The van der Waals surface area contributed by atoms with E-state index in [1.807, 2.05) is 13.8 Å². The number of rotatable bonds is 4. The van der Waals surface area contributed by atoms with Gasteiger partial charge in [-0.15, -0.1) is 0 Å². The van der Waals surface area contributed by atoms with Crippen molar-refractivity contribution in [2.24, 2.45) is 5.92 Å². The fraction of sp³-hybridized carbons (Fsp3) is 0.562. The van der Waals surface area contributed by atoms with Gasteiger partial charge in [-0.05, 0) is 24.1 Å². The number of alkyl halides is 3. The van der Waals surface area contributed by atoms with E-state index in [0.717, 1.165) is 17.7 Å². The van der Waals surface area contributed by atoms with Crippen LogP contribution in [0.5, 0.6) is 0 Å². The molecule has 1 N–H and O–H groups in total. The number of ether oxygens (including phenoxy) is 1. The largest absolute Gasteiger partial charge is 0.416 e. The van der Waals surface area contributed by atoms with Gasteiger partial charge in [0, 0.05) is 18.6 Å². The average Bonchev–Trinajstić information content (AvgIpc) is 2.98. The second-order valence-corrected chi connectivity index (χ2v) is 6.24. The first kappa shape index (κ1) is 16.8. The monoisotopic (exact) mass is 315 g/mol. The Kier molecular flexibility index (Phi) is 4.80. The molecule has 1 aliphatic heterocycles. The van der Waals surface area contributed by atoms with E-state index in [1.165, 1.54) is 12.1 Å². The van der Waals surface area contributed by atoms with Gasteiger partial charge in [0.1, 0.15) is 0 Å².